The Morgan fingerprint density at radius 3 is 2.82 bits per heavy atom. The fourth-order valence-corrected chi connectivity index (χ4v) is 5.23. The Hall–Kier alpha value is -2.42. The van der Waals surface area contributed by atoms with Crippen molar-refractivity contribution in [3.05, 3.63) is 54.9 Å². The highest BCUT2D eigenvalue weighted by atomic mass is 35.5. The number of carbonyl (C=O) groups is 2. The molecule has 0 spiro atoms. The number of aromatic nitrogens is 2. The van der Waals surface area contributed by atoms with Crippen molar-refractivity contribution in [2.24, 2.45) is 5.73 Å². The maximum Gasteiger partial charge on any atom is 0.261 e. The van der Waals surface area contributed by atoms with Crippen molar-refractivity contribution in [3.63, 3.8) is 0 Å². The number of nitrogens with two attached hydrogens (primary N) is 1. The molecule has 0 saturated heterocycles. The molecule has 1 aliphatic carbocycles. The van der Waals surface area contributed by atoms with E-state index in [-0.39, 0.29) is 17.0 Å². The van der Waals surface area contributed by atoms with Gasteiger partial charge in [0.2, 0.25) is 5.91 Å². The summed E-state index contributed by atoms with van der Waals surface area (Å²) in [5.41, 5.74) is 6.67. The summed E-state index contributed by atoms with van der Waals surface area (Å²) in [4.78, 5) is 42.2. The number of nitrogens with one attached hydrogen (secondary N) is 1. The summed E-state index contributed by atoms with van der Waals surface area (Å²) in [6.45, 7) is -0.271. The van der Waals surface area contributed by atoms with E-state index in [1.165, 1.54) is 29.8 Å². The normalized spacial score (nSPS) is 12.9. The number of hydrogen-bond acceptors (Lipinski definition) is 5. The number of hydrogen-bond donors (Lipinski definition) is 2. The third-order valence-corrected chi connectivity index (χ3v) is 6.29. The molecule has 28 heavy (non-hydrogen) atoms. The number of aryl methyl sites for hydroxylation is 1. The summed E-state index contributed by atoms with van der Waals surface area (Å²) in [5.74, 6) is -1.03. The van der Waals surface area contributed by atoms with Crippen LogP contribution in [0.15, 0.2) is 23.3 Å². The number of fused-ring (bicyclic) bond motifs is 2. The summed E-state index contributed by atoms with van der Waals surface area (Å²) in [6.07, 6.45) is 3.87. The highest BCUT2D eigenvalue weighted by Crippen LogP contribution is 2.38. The van der Waals surface area contributed by atoms with Crippen molar-refractivity contribution in [2.75, 3.05) is 5.32 Å². The van der Waals surface area contributed by atoms with Crippen LogP contribution in [0.4, 0.5) is 5.00 Å². The molecule has 0 bridgehead atoms. The first-order valence-electron chi connectivity index (χ1n) is 8.43. The second kappa shape index (κ2) is 7.20. The first kappa shape index (κ1) is 18.9. The van der Waals surface area contributed by atoms with Crippen molar-refractivity contribution < 1.29 is 9.59 Å². The van der Waals surface area contributed by atoms with Crippen LogP contribution in [-0.2, 0) is 24.2 Å². The van der Waals surface area contributed by atoms with Crippen LogP contribution in [0, 0.1) is 0 Å². The second-order valence-electron chi connectivity index (χ2n) is 6.44. The highest BCUT2D eigenvalue weighted by molar-refractivity contribution is 7.17. The molecular formula is C18H14Cl2N4O3S. The summed E-state index contributed by atoms with van der Waals surface area (Å²) in [6, 6.07) is 2.96. The number of anilines is 1. The van der Waals surface area contributed by atoms with Gasteiger partial charge in [0, 0.05) is 9.90 Å². The van der Waals surface area contributed by atoms with Crippen molar-refractivity contribution in [3.8, 4) is 0 Å². The zero-order chi connectivity index (χ0) is 20.0. The highest BCUT2D eigenvalue weighted by Gasteiger charge is 2.26. The number of carbonyl (C=O) groups excluding carboxylic acids is 2. The molecule has 0 saturated carbocycles. The van der Waals surface area contributed by atoms with Crippen molar-refractivity contribution in [2.45, 2.75) is 25.8 Å². The zero-order valence-corrected chi connectivity index (χ0v) is 16.7. The number of halogens is 2. The summed E-state index contributed by atoms with van der Waals surface area (Å²) < 4.78 is 1.16. The molecule has 1 aliphatic rings. The third-order valence-electron chi connectivity index (χ3n) is 4.58. The molecule has 0 aliphatic heterocycles. The van der Waals surface area contributed by atoms with Gasteiger partial charge in [-0.15, -0.1) is 11.3 Å². The molecular weight excluding hydrogens is 423 g/mol. The molecule has 2 amide bonds. The van der Waals surface area contributed by atoms with E-state index >= 15 is 0 Å². The van der Waals surface area contributed by atoms with Gasteiger partial charge in [-0.3, -0.25) is 19.0 Å². The van der Waals surface area contributed by atoms with E-state index in [0.717, 1.165) is 34.3 Å². The fourth-order valence-electron chi connectivity index (χ4n) is 3.38. The van der Waals surface area contributed by atoms with Gasteiger partial charge in [-0.2, -0.15) is 0 Å². The van der Waals surface area contributed by atoms with Crippen molar-refractivity contribution in [1.82, 2.24) is 9.55 Å². The van der Waals surface area contributed by atoms with Gasteiger partial charge in [0.15, 0.2) is 0 Å². The van der Waals surface area contributed by atoms with Gasteiger partial charge in [-0.1, -0.05) is 23.2 Å². The van der Waals surface area contributed by atoms with Crippen LogP contribution >= 0.6 is 34.5 Å². The largest absolute Gasteiger partial charge is 0.365 e. The van der Waals surface area contributed by atoms with Crippen LogP contribution in [0.2, 0.25) is 10.0 Å². The molecule has 0 fully saturated rings. The lowest BCUT2D eigenvalue weighted by Crippen LogP contribution is -2.28. The Kier molecular flexibility index (Phi) is 4.86. The Morgan fingerprint density at radius 2 is 2.07 bits per heavy atom. The van der Waals surface area contributed by atoms with Gasteiger partial charge in [0.25, 0.3) is 11.5 Å². The second-order valence-corrected chi connectivity index (χ2v) is 8.38. The quantitative estimate of drug-likeness (QED) is 0.654. The van der Waals surface area contributed by atoms with Gasteiger partial charge in [0.05, 0.1) is 27.8 Å². The van der Waals surface area contributed by atoms with Crippen LogP contribution in [0.25, 0.3) is 10.9 Å². The van der Waals surface area contributed by atoms with Crippen LogP contribution in [0.5, 0.6) is 0 Å². The van der Waals surface area contributed by atoms with Gasteiger partial charge in [-0.05, 0) is 37.0 Å². The summed E-state index contributed by atoms with van der Waals surface area (Å²) >= 11 is 13.4. The Bertz CT molecular complexity index is 1200. The van der Waals surface area contributed by atoms with Crippen LogP contribution < -0.4 is 16.6 Å². The minimum absolute atomic E-state index is 0.223. The molecule has 0 radical (unpaired) electrons. The molecule has 2 heterocycles. The predicted octanol–water partition coefficient (Wildman–Crippen LogP) is 2.99. The molecule has 1 aromatic carbocycles. The zero-order valence-electron chi connectivity index (χ0n) is 14.4. The maximum atomic E-state index is 12.7. The van der Waals surface area contributed by atoms with E-state index in [0.29, 0.717) is 21.1 Å². The smallest absolute Gasteiger partial charge is 0.261 e. The molecule has 3 N–H and O–H groups in total. The van der Waals surface area contributed by atoms with E-state index in [9.17, 15) is 14.4 Å². The standard InChI is InChI=1S/C18H14Cl2N4O3S/c19-8-4-10-15(11(20)5-8)22-7-24(18(10)27)6-13(25)23-17-14(16(21)26)9-2-1-3-12(9)28-17/h4-5,7H,1-3,6H2,(H2,21,26)(H,23,25). The van der Waals surface area contributed by atoms with Crippen LogP contribution in [0.1, 0.15) is 27.2 Å². The van der Waals surface area contributed by atoms with Gasteiger partial charge in [-0.25, -0.2) is 4.98 Å². The average molecular weight is 437 g/mol. The first-order chi connectivity index (χ1) is 13.3. The van der Waals surface area contributed by atoms with Gasteiger partial charge >= 0.3 is 0 Å². The first-order valence-corrected chi connectivity index (χ1v) is 10.0. The van der Waals surface area contributed by atoms with E-state index in [1.54, 1.807) is 0 Å². The minimum atomic E-state index is -0.566. The van der Waals surface area contributed by atoms with Crippen molar-refractivity contribution >= 4 is 62.3 Å². The predicted molar refractivity (Wildman–Crippen MR) is 110 cm³/mol. The monoisotopic (exact) mass is 436 g/mol. The molecule has 0 unspecified atom stereocenters. The number of benzene rings is 1. The average Bonchev–Trinajstić information content (AvgIpc) is 3.17. The molecule has 2 aromatic heterocycles. The van der Waals surface area contributed by atoms with E-state index < -0.39 is 17.4 Å². The van der Waals surface area contributed by atoms with Crippen LogP contribution in [0.3, 0.4) is 0 Å². The molecule has 0 atom stereocenters. The minimum Gasteiger partial charge on any atom is -0.365 e. The van der Waals surface area contributed by atoms with E-state index in [1.807, 2.05) is 0 Å². The van der Waals surface area contributed by atoms with Crippen LogP contribution in [-0.4, -0.2) is 21.4 Å². The lowest BCUT2D eigenvalue weighted by atomic mass is 10.1. The topological polar surface area (TPSA) is 107 Å². The molecule has 4 rings (SSSR count). The van der Waals surface area contributed by atoms with Crippen molar-refractivity contribution in [1.29, 1.82) is 0 Å². The maximum absolute atomic E-state index is 12.7. The van der Waals surface area contributed by atoms with Gasteiger partial charge in [0.1, 0.15) is 11.5 Å². The molecule has 10 heteroatoms. The van der Waals surface area contributed by atoms with E-state index in [2.05, 4.69) is 10.3 Å². The third kappa shape index (κ3) is 3.28. The number of nitrogens with zero attached hydrogens (tertiary/aromatic N) is 2. The number of thiophene rings is 1. The fraction of sp³-hybridized carbons (Fsp3) is 0.222. The SMILES string of the molecule is NC(=O)c1c(NC(=O)Cn2cnc3c(Cl)cc(Cl)cc3c2=O)sc2c1CCC2. The number of amides is 2. The Balaban J connectivity index is 1.63. The lowest BCUT2D eigenvalue weighted by Gasteiger charge is -2.09. The van der Waals surface area contributed by atoms with E-state index in [4.69, 9.17) is 28.9 Å². The number of primary amides is 1. The molecule has 7 nitrogen and oxygen atoms in total. The summed E-state index contributed by atoms with van der Waals surface area (Å²) in [7, 11) is 0. The molecule has 144 valence electrons. The molecule has 3 aromatic rings. The summed E-state index contributed by atoms with van der Waals surface area (Å²) in [5, 5.41) is 3.92. The van der Waals surface area contributed by atoms with Gasteiger partial charge < -0.3 is 11.1 Å². The number of rotatable bonds is 4. The Labute approximate surface area is 173 Å². The Morgan fingerprint density at radius 1 is 1.29 bits per heavy atom. The lowest BCUT2D eigenvalue weighted by molar-refractivity contribution is -0.116.